The molecule has 8 atom stereocenters. The normalized spacial score (nSPS) is 46.3. The van der Waals surface area contributed by atoms with Gasteiger partial charge in [0.15, 0.2) is 11.5 Å². The summed E-state index contributed by atoms with van der Waals surface area (Å²) >= 11 is 0. The summed E-state index contributed by atoms with van der Waals surface area (Å²) in [7, 11) is -5.61. The number of aliphatic hydroxyl groups excluding tert-OH is 5. The zero-order valence-corrected chi connectivity index (χ0v) is 12.9. The summed E-state index contributed by atoms with van der Waals surface area (Å²) in [5, 5.41) is 47.2. The van der Waals surface area contributed by atoms with Crippen molar-refractivity contribution < 1.29 is 47.4 Å². The Labute approximate surface area is 129 Å². The molecule has 0 spiro atoms. The number of hydrogen-bond donors (Lipinski definition) is 6. The molecule has 0 bridgehead atoms. The molecule has 6 N–H and O–H groups in total. The third-order valence-electron chi connectivity index (χ3n) is 3.69. The van der Waals surface area contributed by atoms with Gasteiger partial charge in [-0.2, -0.15) is 8.42 Å². The first-order chi connectivity index (χ1) is 10.1. The minimum absolute atomic E-state index is 0.0354. The second-order valence-electron chi connectivity index (χ2n) is 5.19. The molecule has 1 unspecified atom stereocenters. The van der Waals surface area contributed by atoms with Crippen LogP contribution in [0.1, 0.15) is 0 Å². The van der Waals surface area contributed by atoms with Gasteiger partial charge in [-0.05, 0) is 0 Å². The maximum atomic E-state index is 10.8. The van der Waals surface area contributed by atoms with E-state index < -0.39 is 63.4 Å². The summed E-state index contributed by atoms with van der Waals surface area (Å²) < 4.78 is 39.7. The fourth-order valence-corrected chi connectivity index (χ4v) is 5.88. The zero-order chi connectivity index (χ0) is 16.7. The summed E-state index contributed by atoms with van der Waals surface area (Å²) in [6, 6.07) is 0. The Bertz CT molecular complexity index is 484. The fourth-order valence-electron chi connectivity index (χ4n) is 2.62. The lowest BCUT2D eigenvalue weighted by molar-refractivity contribution is -0.123. The highest BCUT2D eigenvalue weighted by Crippen LogP contribution is 2.30. The second-order valence-corrected chi connectivity index (χ2v) is 8.59. The lowest BCUT2D eigenvalue weighted by Gasteiger charge is -2.19. The molecule has 0 aromatic heterocycles. The molecule has 0 radical (unpaired) electrons. The summed E-state index contributed by atoms with van der Waals surface area (Å²) in [5.74, 6) is 0.199. The van der Waals surface area contributed by atoms with Crippen LogP contribution in [0.3, 0.4) is 0 Å². The predicted octanol–water partition coefficient (Wildman–Crippen LogP) is -4.03. The van der Waals surface area contributed by atoms with Crippen LogP contribution in [0.2, 0.25) is 0 Å². The van der Waals surface area contributed by atoms with Crippen molar-refractivity contribution in [3.63, 3.8) is 0 Å². The van der Waals surface area contributed by atoms with Crippen LogP contribution in [0.5, 0.6) is 0 Å². The quantitative estimate of drug-likeness (QED) is 0.208. The highest BCUT2D eigenvalue weighted by Gasteiger charge is 2.55. The first kappa shape index (κ1) is 18.3. The van der Waals surface area contributed by atoms with Crippen molar-refractivity contribution in [3.05, 3.63) is 0 Å². The van der Waals surface area contributed by atoms with Gasteiger partial charge < -0.3 is 30.3 Å². The maximum absolute atomic E-state index is 10.8. The van der Waals surface area contributed by atoms with Gasteiger partial charge in [-0.3, -0.25) is 4.55 Å². The number of aliphatic hydroxyl groups is 5. The highest BCUT2D eigenvalue weighted by molar-refractivity contribution is 7.97. The van der Waals surface area contributed by atoms with Crippen molar-refractivity contribution in [2.24, 2.45) is 0 Å². The van der Waals surface area contributed by atoms with Crippen LogP contribution < -0.4 is 0 Å². The largest absolute Gasteiger partial charge is 0.397 e. The van der Waals surface area contributed by atoms with E-state index in [0.29, 0.717) is 0 Å². The molecule has 10 nitrogen and oxygen atoms in total. The molecule has 2 heterocycles. The van der Waals surface area contributed by atoms with Gasteiger partial charge in [-0.1, -0.05) is 0 Å². The summed E-state index contributed by atoms with van der Waals surface area (Å²) in [6.07, 6.45) is -8.12. The molecule has 0 amide bonds. The minimum Gasteiger partial charge on any atom is -0.391 e. The molecule has 0 aromatic carbocycles. The monoisotopic (exact) mass is 363 g/mol. The zero-order valence-electron chi connectivity index (χ0n) is 11.3. The van der Waals surface area contributed by atoms with Gasteiger partial charge in [0, 0.05) is 10.9 Å². The van der Waals surface area contributed by atoms with Crippen molar-refractivity contribution >= 4 is 21.3 Å². The molecular weight excluding hydrogens is 344 g/mol. The Morgan fingerprint density at radius 2 is 1.82 bits per heavy atom. The second kappa shape index (κ2) is 6.84. The first-order valence-corrected chi connectivity index (χ1v) is 9.43. The van der Waals surface area contributed by atoms with Gasteiger partial charge in [0.1, 0.15) is 42.0 Å². The third-order valence-corrected chi connectivity index (χ3v) is 6.96. The molecule has 0 aliphatic carbocycles. The Morgan fingerprint density at radius 1 is 1.18 bits per heavy atom. The smallest absolute Gasteiger partial charge is 0.391 e. The molecule has 2 fully saturated rings. The van der Waals surface area contributed by atoms with E-state index in [0.717, 1.165) is 0 Å². The third kappa shape index (κ3) is 3.90. The van der Waals surface area contributed by atoms with Gasteiger partial charge in [-0.25, -0.2) is 4.18 Å². The van der Waals surface area contributed by atoms with Crippen molar-refractivity contribution in [2.75, 3.05) is 18.1 Å². The van der Waals surface area contributed by atoms with E-state index in [-0.39, 0.29) is 18.1 Å². The summed E-state index contributed by atoms with van der Waals surface area (Å²) in [5.41, 5.74) is 0. The fraction of sp³-hybridized carbons (Fsp3) is 1.00. The van der Waals surface area contributed by atoms with Crippen LogP contribution in [-0.2, 0) is 30.2 Å². The number of ether oxygens (including phenoxy) is 1. The Hall–Kier alpha value is -0.0200. The molecule has 12 heteroatoms. The lowest BCUT2D eigenvalue weighted by atomic mass is 10.2. The van der Waals surface area contributed by atoms with E-state index in [2.05, 4.69) is 4.18 Å². The van der Waals surface area contributed by atoms with Gasteiger partial charge in [0.05, 0.1) is 6.61 Å². The standard InChI is InChI=1S/C10H18O10S2/c11-1-6-7(13)4(12)2-21(6)3-5-9(20-22(16,17)18)8(14)10(15)19-5/h4-15H,1-3H2/p+1/t4-,5-,6-,7+,8-,9+,10+,21?/m1/s1. The van der Waals surface area contributed by atoms with E-state index in [1.807, 2.05) is 0 Å². The van der Waals surface area contributed by atoms with Gasteiger partial charge in [-0.15, -0.1) is 0 Å². The average molecular weight is 363 g/mol. The van der Waals surface area contributed by atoms with Gasteiger partial charge in [0.2, 0.25) is 0 Å². The molecule has 0 aromatic rings. The van der Waals surface area contributed by atoms with Gasteiger partial charge in [0.25, 0.3) is 0 Å². The van der Waals surface area contributed by atoms with E-state index in [1.54, 1.807) is 0 Å². The van der Waals surface area contributed by atoms with Crippen LogP contribution in [-0.4, -0.2) is 98.7 Å². The lowest BCUT2D eigenvalue weighted by Crippen LogP contribution is -2.42. The van der Waals surface area contributed by atoms with Crippen LogP contribution in [0, 0.1) is 0 Å². The highest BCUT2D eigenvalue weighted by atomic mass is 32.3. The Kier molecular flexibility index (Phi) is 5.70. The summed E-state index contributed by atoms with van der Waals surface area (Å²) in [6.45, 7) is -0.386. The van der Waals surface area contributed by atoms with Crippen molar-refractivity contribution in [1.29, 1.82) is 0 Å². The van der Waals surface area contributed by atoms with E-state index in [1.165, 1.54) is 0 Å². The molecule has 0 saturated carbocycles. The molecule has 2 saturated heterocycles. The SMILES string of the molecule is O=S(=O)(O)O[C@@H]1[C@@H](O)[C@@H](O)O[C@@H]1C[S+]1C[C@@H](O)[C@H](O)[C@H]1CO. The van der Waals surface area contributed by atoms with Crippen molar-refractivity contribution in [3.8, 4) is 0 Å². The van der Waals surface area contributed by atoms with E-state index in [4.69, 9.17) is 9.29 Å². The van der Waals surface area contributed by atoms with Crippen molar-refractivity contribution in [1.82, 2.24) is 0 Å². The Morgan fingerprint density at radius 3 is 2.36 bits per heavy atom. The predicted molar refractivity (Wildman–Crippen MR) is 73.3 cm³/mol. The molecule has 22 heavy (non-hydrogen) atoms. The number of rotatable bonds is 5. The average Bonchev–Trinajstić information content (AvgIpc) is 2.80. The number of hydrogen-bond acceptors (Lipinski definition) is 9. The molecule has 2 aliphatic heterocycles. The molecule has 130 valence electrons. The topological polar surface area (TPSA) is 174 Å². The van der Waals surface area contributed by atoms with Crippen LogP contribution >= 0.6 is 0 Å². The Balaban J connectivity index is 2.10. The van der Waals surface area contributed by atoms with Gasteiger partial charge >= 0.3 is 10.4 Å². The van der Waals surface area contributed by atoms with E-state index >= 15 is 0 Å². The van der Waals surface area contributed by atoms with Crippen LogP contribution in [0.15, 0.2) is 0 Å². The van der Waals surface area contributed by atoms with E-state index in [9.17, 15) is 34.0 Å². The van der Waals surface area contributed by atoms with Crippen molar-refractivity contribution in [2.45, 2.75) is 42.1 Å². The van der Waals surface area contributed by atoms with Crippen LogP contribution in [0.4, 0.5) is 0 Å². The maximum Gasteiger partial charge on any atom is 0.397 e. The molecule has 2 rings (SSSR count). The molecule has 2 aliphatic rings. The minimum atomic E-state index is -4.87. The van der Waals surface area contributed by atoms with Crippen LogP contribution in [0.25, 0.3) is 0 Å². The molecular formula is C10H19O10S2+. The summed E-state index contributed by atoms with van der Waals surface area (Å²) in [4.78, 5) is 0. The first-order valence-electron chi connectivity index (χ1n) is 6.44.